The minimum absolute atomic E-state index is 0.0269. The van der Waals surface area contributed by atoms with Gasteiger partial charge in [-0.25, -0.2) is 0 Å². The summed E-state index contributed by atoms with van der Waals surface area (Å²) >= 11 is 0. The van der Waals surface area contributed by atoms with Gasteiger partial charge in [-0.15, -0.1) is 0 Å². The van der Waals surface area contributed by atoms with Crippen LogP contribution in [0, 0.1) is 0 Å². The maximum Gasteiger partial charge on any atom is 0.228 e. The molecule has 1 amide bonds. The molecule has 5 heteroatoms. The lowest BCUT2D eigenvalue weighted by Crippen LogP contribution is -3.14. The Bertz CT molecular complexity index is 1220. The highest BCUT2D eigenvalue weighted by atomic mass is 16.3. The van der Waals surface area contributed by atoms with Crippen LogP contribution in [0.5, 0.6) is 0 Å². The smallest absolute Gasteiger partial charge is 0.228 e. The topological polar surface area (TPSA) is 49.9 Å². The van der Waals surface area contributed by atoms with Crippen LogP contribution < -0.4 is 15.1 Å². The largest absolute Gasteiger partial charge is 0.464 e. The van der Waals surface area contributed by atoms with Crippen molar-refractivity contribution in [1.29, 1.82) is 0 Å². The summed E-state index contributed by atoms with van der Waals surface area (Å²) in [6.45, 7) is 7.68. The van der Waals surface area contributed by atoms with Crippen molar-refractivity contribution in [2.75, 3.05) is 42.9 Å². The molecule has 1 fully saturated rings. The number of nitrogens with zero attached hydrogens (tertiary/aromatic N) is 1. The molecule has 2 N–H and O–H groups in total. The highest BCUT2D eigenvalue weighted by Gasteiger charge is 2.21. The van der Waals surface area contributed by atoms with Gasteiger partial charge in [-0.1, -0.05) is 42.5 Å². The second kappa shape index (κ2) is 8.44. The van der Waals surface area contributed by atoms with Crippen molar-refractivity contribution >= 4 is 39.0 Å². The molecule has 31 heavy (non-hydrogen) atoms. The van der Waals surface area contributed by atoms with Crippen LogP contribution in [0.25, 0.3) is 21.7 Å². The third-order valence-corrected chi connectivity index (χ3v) is 6.38. The zero-order chi connectivity index (χ0) is 21.2. The summed E-state index contributed by atoms with van der Waals surface area (Å²) in [7, 11) is 0. The van der Waals surface area contributed by atoms with Gasteiger partial charge in [0.15, 0.2) is 0 Å². The molecule has 0 unspecified atom stereocenters. The Morgan fingerprint density at radius 2 is 1.81 bits per heavy atom. The van der Waals surface area contributed by atoms with E-state index in [2.05, 4.69) is 41.4 Å². The van der Waals surface area contributed by atoms with Gasteiger partial charge in [-0.2, -0.15) is 0 Å². The van der Waals surface area contributed by atoms with Crippen molar-refractivity contribution in [3.05, 3.63) is 72.5 Å². The molecular formula is C26H28N3O2+. The van der Waals surface area contributed by atoms with Crippen LogP contribution in [0.3, 0.4) is 0 Å². The van der Waals surface area contributed by atoms with Gasteiger partial charge >= 0.3 is 0 Å². The SMILES string of the molecule is CC[NH+]1CCN(c2ccccc2NC(=O)Cc2coc3ccc4ccccc4c23)CC1. The minimum atomic E-state index is -0.0269. The van der Waals surface area contributed by atoms with Crippen LogP contribution in [0.1, 0.15) is 12.5 Å². The maximum absolute atomic E-state index is 13.0. The number of carbonyl (C=O) groups excluding carboxylic acids is 1. The molecule has 158 valence electrons. The van der Waals surface area contributed by atoms with E-state index in [-0.39, 0.29) is 12.3 Å². The third kappa shape index (κ3) is 3.89. The minimum Gasteiger partial charge on any atom is -0.464 e. The average molecular weight is 415 g/mol. The zero-order valence-corrected chi connectivity index (χ0v) is 17.9. The maximum atomic E-state index is 13.0. The van der Waals surface area contributed by atoms with Gasteiger partial charge in [-0.3, -0.25) is 4.79 Å². The monoisotopic (exact) mass is 414 g/mol. The molecule has 0 aliphatic carbocycles. The van der Waals surface area contributed by atoms with E-state index in [0.717, 1.165) is 64.9 Å². The van der Waals surface area contributed by atoms with Crippen molar-refractivity contribution < 1.29 is 14.1 Å². The highest BCUT2D eigenvalue weighted by Crippen LogP contribution is 2.31. The normalized spacial score (nSPS) is 14.9. The fourth-order valence-corrected chi connectivity index (χ4v) is 4.64. The van der Waals surface area contributed by atoms with Gasteiger partial charge in [0, 0.05) is 10.9 Å². The molecule has 1 aromatic heterocycles. The molecule has 1 aliphatic rings. The van der Waals surface area contributed by atoms with Gasteiger partial charge in [-0.05, 0) is 35.9 Å². The van der Waals surface area contributed by atoms with Gasteiger partial charge in [0.2, 0.25) is 5.91 Å². The number of carbonyl (C=O) groups is 1. The Labute approximate surface area is 182 Å². The summed E-state index contributed by atoms with van der Waals surface area (Å²) < 4.78 is 5.76. The number of quaternary nitrogens is 1. The number of furan rings is 1. The van der Waals surface area contributed by atoms with Crippen molar-refractivity contribution in [1.82, 2.24) is 0 Å². The average Bonchev–Trinajstić information content (AvgIpc) is 3.22. The molecule has 1 aliphatic heterocycles. The van der Waals surface area contributed by atoms with Crippen LogP contribution >= 0.6 is 0 Å². The Kier molecular flexibility index (Phi) is 5.35. The first-order chi connectivity index (χ1) is 15.2. The summed E-state index contributed by atoms with van der Waals surface area (Å²) in [6, 6.07) is 20.4. The summed E-state index contributed by atoms with van der Waals surface area (Å²) in [5.74, 6) is -0.0269. The summed E-state index contributed by atoms with van der Waals surface area (Å²) in [4.78, 5) is 17.0. The second-order valence-electron chi connectivity index (χ2n) is 8.25. The fraction of sp³-hybridized carbons (Fsp3) is 0.269. The lowest BCUT2D eigenvalue weighted by atomic mass is 10.0. The Hall–Kier alpha value is -3.31. The third-order valence-electron chi connectivity index (χ3n) is 6.38. The molecule has 4 aromatic rings. The molecule has 0 spiro atoms. The second-order valence-corrected chi connectivity index (χ2v) is 8.25. The predicted octanol–water partition coefficient (Wildman–Crippen LogP) is 3.49. The van der Waals surface area contributed by atoms with Crippen molar-refractivity contribution in [3.8, 4) is 0 Å². The van der Waals surface area contributed by atoms with Gasteiger partial charge in [0.25, 0.3) is 0 Å². The van der Waals surface area contributed by atoms with Crippen LogP contribution in [0.2, 0.25) is 0 Å². The summed E-state index contributed by atoms with van der Waals surface area (Å²) in [5.41, 5.74) is 3.72. The zero-order valence-electron chi connectivity index (χ0n) is 17.9. The first kappa shape index (κ1) is 19.6. The van der Waals surface area contributed by atoms with E-state index in [4.69, 9.17) is 4.42 Å². The number of para-hydroxylation sites is 2. The molecule has 5 nitrogen and oxygen atoms in total. The first-order valence-corrected chi connectivity index (χ1v) is 11.1. The molecule has 0 atom stereocenters. The van der Waals surface area contributed by atoms with Crippen LogP contribution in [0.4, 0.5) is 11.4 Å². The van der Waals surface area contributed by atoms with Gasteiger partial charge < -0.3 is 19.5 Å². The molecule has 3 aromatic carbocycles. The van der Waals surface area contributed by atoms with E-state index < -0.39 is 0 Å². The number of amides is 1. The van der Waals surface area contributed by atoms with Crippen LogP contribution in [-0.2, 0) is 11.2 Å². The van der Waals surface area contributed by atoms with E-state index in [1.165, 1.54) is 6.54 Å². The van der Waals surface area contributed by atoms with Crippen LogP contribution in [-0.4, -0.2) is 38.6 Å². The van der Waals surface area contributed by atoms with E-state index in [1.54, 1.807) is 11.2 Å². The van der Waals surface area contributed by atoms with Gasteiger partial charge in [0.05, 0.1) is 56.8 Å². The standard InChI is InChI=1S/C26H27N3O2/c1-2-28-13-15-29(16-14-28)23-10-6-5-9-22(23)27-25(30)17-20-18-31-24-12-11-19-7-3-4-8-21(19)26(20)24/h3-12,18H,2,13-17H2,1H3,(H,27,30)/p+1. The number of piperazine rings is 1. The number of benzene rings is 3. The van der Waals surface area contributed by atoms with E-state index in [0.29, 0.717) is 0 Å². The lowest BCUT2D eigenvalue weighted by molar-refractivity contribution is -0.898. The number of hydrogen-bond acceptors (Lipinski definition) is 3. The number of anilines is 2. The quantitative estimate of drug-likeness (QED) is 0.526. The first-order valence-electron chi connectivity index (χ1n) is 11.1. The fourth-order valence-electron chi connectivity index (χ4n) is 4.64. The number of rotatable bonds is 5. The molecule has 0 bridgehead atoms. The number of nitrogens with one attached hydrogen (secondary N) is 2. The molecule has 0 saturated carbocycles. The highest BCUT2D eigenvalue weighted by molar-refractivity contribution is 6.09. The summed E-state index contributed by atoms with van der Waals surface area (Å²) in [5, 5.41) is 6.45. The van der Waals surface area contributed by atoms with Gasteiger partial charge in [0.1, 0.15) is 5.58 Å². The Morgan fingerprint density at radius 3 is 2.65 bits per heavy atom. The van der Waals surface area contributed by atoms with E-state index in [9.17, 15) is 4.79 Å². The molecule has 0 radical (unpaired) electrons. The van der Waals surface area contributed by atoms with Crippen molar-refractivity contribution in [2.45, 2.75) is 13.3 Å². The number of hydrogen-bond donors (Lipinski definition) is 2. The number of likely N-dealkylation sites (N-methyl/N-ethyl adjacent to an activating group) is 1. The van der Waals surface area contributed by atoms with Crippen molar-refractivity contribution in [2.24, 2.45) is 0 Å². The number of fused-ring (bicyclic) bond motifs is 3. The molecule has 5 rings (SSSR count). The van der Waals surface area contributed by atoms with Crippen molar-refractivity contribution in [3.63, 3.8) is 0 Å². The molecular weight excluding hydrogens is 386 g/mol. The molecule has 1 saturated heterocycles. The Morgan fingerprint density at radius 1 is 1.03 bits per heavy atom. The van der Waals surface area contributed by atoms with Crippen LogP contribution in [0.15, 0.2) is 71.3 Å². The predicted molar refractivity (Wildman–Crippen MR) is 126 cm³/mol. The lowest BCUT2D eigenvalue weighted by Gasteiger charge is -2.34. The molecule has 2 heterocycles. The van der Waals surface area contributed by atoms with E-state index in [1.807, 2.05) is 36.4 Å². The summed E-state index contributed by atoms with van der Waals surface area (Å²) in [6.07, 6.45) is 2.00. The van der Waals surface area contributed by atoms with E-state index >= 15 is 0 Å². The Balaban J connectivity index is 1.37.